The second-order valence-electron chi connectivity index (χ2n) is 9.48. The molecule has 0 aliphatic carbocycles. The Labute approximate surface area is 219 Å². The number of aliphatic hydroxyl groups is 1. The van der Waals surface area contributed by atoms with E-state index in [0.29, 0.717) is 59.0 Å². The Bertz CT molecular complexity index is 1320. The zero-order valence-corrected chi connectivity index (χ0v) is 21.4. The first-order valence-electron chi connectivity index (χ1n) is 12.1. The predicted molar refractivity (Wildman–Crippen MR) is 141 cm³/mol. The number of pyridine rings is 1. The molecule has 1 aromatic carbocycles. The molecule has 0 bridgehead atoms. The monoisotopic (exact) mass is 524 g/mol. The number of carbonyl (C=O) groups is 1. The van der Waals surface area contributed by atoms with Gasteiger partial charge in [-0.25, -0.2) is 15.0 Å². The van der Waals surface area contributed by atoms with Crippen LogP contribution < -0.4 is 20.7 Å². The average molecular weight is 525 g/mol. The minimum Gasteiger partial charge on any atom is -0.495 e. The summed E-state index contributed by atoms with van der Waals surface area (Å²) in [7, 11) is 1.54. The molecule has 0 spiro atoms. The van der Waals surface area contributed by atoms with Crippen molar-refractivity contribution in [3.8, 4) is 17.0 Å². The molecule has 37 heavy (non-hydrogen) atoms. The number of fused-ring (bicyclic) bond motifs is 1. The largest absolute Gasteiger partial charge is 0.495 e. The summed E-state index contributed by atoms with van der Waals surface area (Å²) in [5.41, 5.74) is 2.79. The molecule has 0 radical (unpaired) electrons. The van der Waals surface area contributed by atoms with Crippen molar-refractivity contribution >= 4 is 35.0 Å². The lowest BCUT2D eigenvalue weighted by atomic mass is 9.85. The van der Waals surface area contributed by atoms with E-state index in [1.807, 2.05) is 13.0 Å². The van der Waals surface area contributed by atoms with Gasteiger partial charge in [0.2, 0.25) is 5.95 Å². The summed E-state index contributed by atoms with van der Waals surface area (Å²) in [6.07, 6.45) is 4.81. The Hall–Kier alpha value is -3.47. The molecular formula is C26H29ClN6O4. The number of anilines is 3. The first-order valence-corrected chi connectivity index (χ1v) is 12.5. The topological polar surface area (TPSA) is 131 Å². The van der Waals surface area contributed by atoms with Crippen LogP contribution in [0.2, 0.25) is 5.02 Å². The van der Waals surface area contributed by atoms with Gasteiger partial charge < -0.3 is 30.5 Å². The van der Waals surface area contributed by atoms with Crippen LogP contribution in [0.15, 0.2) is 36.7 Å². The van der Waals surface area contributed by atoms with E-state index in [9.17, 15) is 9.90 Å². The van der Waals surface area contributed by atoms with Gasteiger partial charge in [-0.1, -0.05) is 18.5 Å². The van der Waals surface area contributed by atoms with Gasteiger partial charge in [0.1, 0.15) is 11.6 Å². The minimum atomic E-state index is -0.439. The molecular weight excluding hydrogens is 496 g/mol. The number of amides is 1. The fourth-order valence-corrected chi connectivity index (χ4v) is 4.71. The van der Waals surface area contributed by atoms with Crippen LogP contribution in [0.1, 0.15) is 35.7 Å². The maximum absolute atomic E-state index is 12.7. The molecule has 11 heteroatoms. The van der Waals surface area contributed by atoms with Crippen molar-refractivity contribution in [2.24, 2.45) is 0 Å². The maximum Gasteiger partial charge on any atom is 0.251 e. The Morgan fingerprint density at radius 3 is 2.84 bits per heavy atom. The van der Waals surface area contributed by atoms with Crippen LogP contribution in [0.3, 0.4) is 0 Å². The summed E-state index contributed by atoms with van der Waals surface area (Å²) in [5.74, 6) is 1.37. The molecule has 0 saturated carbocycles. The number of ether oxygens (including phenoxy) is 2. The van der Waals surface area contributed by atoms with E-state index in [1.165, 1.54) is 13.3 Å². The van der Waals surface area contributed by atoms with Crippen LogP contribution in [0, 0.1) is 0 Å². The molecule has 1 fully saturated rings. The molecule has 2 aliphatic rings. The van der Waals surface area contributed by atoms with E-state index in [0.717, 1.165) is 24.2 Å². The summed E-state index contributed by atoms with van der Waals surface area (Å²) >= 11 is 6.46. The Morgan fingerprint density at radius 1 is 1.27 bits per heavy atom. The van der Waals surface area contributed by atoms with Crippen molar-refractivity contribution in [3.05, 3.63) is 52.8 Å². The number of halogens is 1. The molecule has 10 nitrogen and oxygen atoms in total. The predicted octanol–water partition coefficient (Wildman–Crippen LogP) is 3.53. The van der Waals surface area contributed by atoms with Crippen LogP contribution in [0.4, 0.5) is 17.5 Å². The van der Waals surface area contributed by atoms with Gasteiger partial charge in [0.25, 0.3) is 5.91 Å². The van der Waals surface area contributed by atoms with E-state index >= 15 is 0 Å². The lowest BCUT2D eigenvalue weighted by molar-refractivity contribution is 0.0696. The fourth-order valence-electron chi connectivity index (χ4n) is 4.51. The molecule has 2 aromatic heterocycles. The zero-order chi connectivity index (χ0) is 26.0. The highest BCUT2D eigenvalue weighted by atomic mass is 35.5. The number of carbonyl (C=O) groups excluding carboxylic acids is 1. The van der Waals surface area contributed by atoms with Crippen molar-refractivity contribution in [2.45, 2.75) is 31.2 Å². The van der Waals surface area contributed by atoms with Crippen LogP contribution in [0.25, 0.3) is 11.3 Å². The third-order valence-electron chi connectivity index (χ3n) is 6.82. The first-order chi connectivity index (χ1) is 17.9. The Kier molecular flexibility index (Phi) is 7.14. The molecule has 5 rings (SSSR count). The number of hydrogen-bond donors (Lipinski definition) is 4. The number of nitrogens with one attached hydrogen (secondary N) is 3. The molecule has 1 unspecified atom stereocenters. The van der Waals surface area contributed by atoms with Gasteiger partial charge in [0.05, 0.1) is 36.3 Å². The summed E-state index contributed by atoms with van der Waals surface area (Å²) in [5, 5.41) is 19.7. The average Bonchev–Trinajstić information content (AvgIpc) is 3.26. The molecule has 4 N–H and O–H groups in total. The van der Waals surface area contributed by atoms with Gasteiger partial charge in [-0.15, -0.1) is 0 Å². The van der Waals surface area contributed by atoms with Crippen molar-refractivity contribution < 1.29 is 19.4 Å². The van der Waals surface area contributed by atoms with Gasteiger partial charge in [-0.2, -0.15) is 0 Å². The molecule has 2 aliphatic heterocycles. The number of aliphatic hydroxyl groups excluding tert-OH is 1. The van der Waals surface area contributed by atoms with Crippen molar-refractivity contribution in [1.29, 1.82) is 0 Å². The summed E-state index contributed by atoms with van der Waals surface area (Å²) < 4.78 is 10.9. The number of hydrogen-bond acceptors (Lipinski definition) is 9. The standard InChI is InChI=1S/C26H29ClN6O4/c1-26(14-34)13-30-23-18(26)9-16(11-28-23)22-19(27)12-29-25(33-22)32-20-4-3-15(10-21(20)36-2)24(35)31-17-5-7-37-8-6-17/h3-4,9-12,17,34H,5-8,13-14H2,1-2H3,(H,28,30)(H,31,35)(H,29,32,33). The summed E-state index contributed by atoms with van der Waals surface area (Å²) in [6, 6.07) is 7.21. The van der Waals surface area contributed by atoms with E-state index < -0.39 is 5.41 Å². The molecule has 1 atom stereocenters. The number of benzene rings is 1. The highest BCUT2D eigenvalue weighted by Gasteiger charge is 2.35. The van der Waals surface area contributed by atoms with Crippen molar-refractivity contribution in [3.63, 3.8) is 0 Å². The lowest BCUT2D eigenvalue weighted by Crippen LogP contribution is -2.38. The highest BCUT2D eigenvalue weighted by molar-refractivity contribution is 6.32. The summed E-state index contributed by atoms with van der Waals surface area (Å²) in [4.78, 5) is 26.2. The van der Waals surface area contributed by atoms with Crippen LogP contribution >= 0.6 is 11.6 Å². The fraction of sp³-hybridized carbons (Fsp3) is 0.385. The minimum absolute atomic E-state index is 0.00860. The van der Waals surface area contributed by atoms with Crippen LogP contribution in [-0.4, -0.2) is 65.5 Å². The number of nitrogens with zero attached hydrogens (tertiary/aromatic N) is 3. The van der Waals surface area contributed by atoms with Gasteiger partial charge in [0, 0.05) is 54.1 Å². The Balaban J connectivity index is 1.38. The van der Waals surface area contributed by atoms with Gasteiger partial charge in [-0.3, -0.25) is 4.79 Å². The zero-order valence-electron chi connectivity index (χ0n) is 20.7. The molecule has 1 saturated heterocycles. The third-order valence-corrected chi connectivity index (χ3v) is 7.09. The molecule has 1 amide bonds. The number of rotatable bonds is 7. The van der Waals surface area contributed by atoms with Crippen LogP contribution in [0.5, 0.6) is 5.75 Å². The van der Waals surface area contributed by atoms with Gasteiger partial charge in [0.15, 0.2) is 0 Å². The van der Waals surface area contributed by atoms with Crippen molar-refractivity contribution in [1.82, 2.24) is 20.3 Å². The number of methoxy groups -OCH3 is 1. The lowest BCUT2D eigenvalue weighted by Gasteiger charge is -2.23. The normalized spacial score (nSPS) is 19.1. The number of aromatic nitrogens is 3. The molecule has 4 heterocycles. The second-order valence-corrected chi connectivity index (χ2v) is 9.89. The van der Waals surface area contributed by atoms with E-state index in [2.05, 4.69) is 30.9 Å². The highest BCUT2D eigenvalue weighted by Crippen LogP contribution is 2.38. The smallest absolute Gasteiger partial charge is 0.251 e. The maximum atomic E-state index is 12.7. The van der Waals surface area contributed by atoms with Crippen molar-refractivity contribution in [2.75, 3.05) is 44.1 Å². The second kappa shape index (κ2) is 10.5. The van der Waals surface area contributed by atoms with E-state index in [4.69, 9.17) is 21.1 Å². The summed E-state index contributed by atoms with van der Waals surface area (Å²) in [6.45, 7) is 3.87. The first kappa shape index (κ1) is 25.2. The molecule has 194 valence electrons. The van der Waals surface area contributed by atoms with Gasteiger partial charge in [-0.05, 0) is 37.1 Å². The SMILES string of the molecule is COc1cc(C(=O)NC2CCOCC2)ccc1Nc1ncc(Cl)c(-c2cnc3c(c2)C(C)(CO)CN3)n1. The van der Waals surface area contributed by atoms with E-state index in [-0.39, 0.29) is 18.6 Å². The van der Waals surface area contributed by atoms with Crippen LogP contribution in [-0.2, 0) is 10.2 Å². The van der Waals surface area contributed by atoms with E-state index in [1.54, 1.807) is 24.4 Å². The van der Waals surface area contributed by atoms with Gasteiger partial charge >= 0.3 is 0 Å². The molecule has 3 aromatic rings. The quantitative estimate of drug-likeness (QED) is 0.366. The Morgan fingerprint density at radius 2 is 2.08 bits per heavy atom. The third kappa shape index (κ3) is 5.18.